The van der Waals surface area contributed by atoms with Crippen molar-refractivity contribution in [3.05, 3.63) is 65.0 Å². The molecule has 0 aliphatic rings. The molecule has 0 aliphatic heterocycles. The summed E-state index contributed by atoms with van der Waals surface area (Å²) >= 11 is 0. The number of nitrogens with zero attached hydrogens (tertiary/aromatic N) is 2. The van der Waals surface area contributed by atoms with Gasteiger partial charge in [-0.25, -0.2) is 0 Å². The van der Waals surface area contributed by atoms with Gasteiger partial charge in [0, 0.05) is 25.0 Å². The first kappa shape index (κ1) is 17.2. The second-order valence-corrected chi connectivity index (χ2v) is 5.60. The van der Waals surface area contributed by atoms with Gasteiger partial charge in [-0.15, -0.1) is 0 Å². The molecule has 0 radical (unpaired) electrons. The van der Waals surface area contributed by atoms with Gasteiger partial charge in [0.1, 0.15) is 0 Å². The van der Waals surface area contributed by atoms with Crippen molar-refractivity contribution < 1.29 is 4.79 Å². The molecular weight excluding hydrogens is 286 g/mol. The van der Waals surface area contributed by atoms with Gasteiger partial charge in [-0.3, -0.25) is 14.7 Å². The summed E-state index contributed by atoms with van der Waals surface area (Å²) < 4.78 is 0. The van der Waals surface area contributed by atoms with E-state index >= 15 is 0 Å². The fraction of sp³-hybridized carbons (Fsp3) is 0.368. The van der Waals surface area contributed by atoms with Crippen molar-refractivity contribution in [2.24, 2.45) is 0 Å². The minimum absolute atomic E-state index is 0.0878. The minimum atomic E-state index is -0.0878. The lowest BCUT2D eigenvalue weighted by Crippen LogP contribution is -2.26. The van der Waals surface area contributed by atoms with Crippen molar-refractivity contribution in [3.8, 4) is 0 Å². The molecule has 1 N–H and O–H groups in total. The van der Waals surface area contributed by atoms with E-state index in [2.05, 4.69) is 41.2 Å². The molecule has 0 aliphatic carbocycles. The van der Waals surface area contributed by atoms with E-state index in [1.807, 2.05) is 25.1 Å². The molecule has 0 bridgehead atoms. The van der Waals surface area contributed by atoms with Gasteiger partial charge >= 0.3 is 0 Å². The Morgan fingerprint density at radius 2 is 1.78 bits per heavy atom. The number of nitrogens with one attached hydrogen (secondary N) is 1. The third kappa shape index (κ3) is 4.89. The van der Waals surface area contributed by atoms with E-state index in [4.69, 9.17) is 0 Å². The molecule has 1 amide bonds. The molecule has 0 unspecified atom stereocenters. The molecule has 122 valence electrons. The number of aryl methyl sites for hydroxylation is 1. The van der Waals surface area contributed by atoms with Crippen LogP contribution in [0.25, 0.3) is 0 Å². The van der Waals surface area contributed by atoms with Gasteiger partial charge in [0.15, 0.2) is 0 Å². The number of carbonyl (C=O) groups excluding carboxylic acids is 1. The number of aromatic nitrogens is 1. The normalized spacial score (nSPS) is 10.8. The summed E-state index contributed by atoms with van der Waals surface area (Å²) in [6, 6.07) is 11.9. The highest BCUT2D eigenvalue weighted by atomic mass is 16.1. The minimum Gasteiger partial charge on any atom is -0.348 e. The van der Waals surface area contributed by atoms with Gasteiger partial charge in [0.05, 0.1) is 5.56 Å². The van der Waals surface area contributed by atoms with E-state index in [0.717, 1.165) is 30.9 Å². The van der Waals surface area contributed by atoms with Crippen LogP contribution in [0.15, 0.2) is 42.6 Å². The number of amides is 1. The summed E-state index contributed by atoms with van der Waals surface area (Å²) in [6.07, 6.45) is 1.62. The summed E-state index contributed by atoms with van der Waals surface area (Å²) in [5.74, 6) is -0.0878. The van der Waals surface area contributed by atoms with E-state index in [1.165, 1.54) is 5.56 Å². The molecular formula is C19H25N3O. The molecule has 0 atom stereocenters. The number of pyridine rings is 1. The lowest BCUT2D eigenvalue weighted by molar-refractivity contribution is 0.0950. The monoisotopic (exact) mass is 311 g/mol. The fourth-order valence-corrected chi connectivity index (χ4v) is 2.45. The first-order chi connectivity index (χ1) is 11.1. The van der Waals surface area contributed by atoms with Crippen molar-refractivity contribution in [1.82, 2.24) is 15.2 Å². The van der Waals surface area contributed by atoms with Gasteiger partial charge in [0.2, 0.25) is 0 Å². The molecule has 23 heavy (non-hydrogen) atoms. The number of rotatable bonds is 7. The van der Waals surface area contributed by atoms with Crippen LogP contribution in [0.5, 0.6) is 0 Å². The second-order valence-electron chi connectivity index (χ2n) is 5.60. The van der Waals surface area contributed by atoms with Crippen LogP contribution < -0.4 is 5.32 Å². The van der Waals surface area contributed by atoms with Crippen molar-refractivity contribution in [3.63, 3.8) is 0 Å². The maximum absolute atomic E-state index is 12.2. The van der Waals surface area contributed by atoms with Gasteiger partial charge in [0.25, 0.3) is 5.91 Å². The Labute approximate surface area is 138 Å². The highest BCUT2D eigenvalue weighted by Crippen LogP contribution is 2.12. The van der Waals surface area contributed by atoms with Crippen molar-refractivity contribution in [2.75, 3.05) is 13.1 Å². The topological polar surface area (TPSA) is 45.2 Å². The summed E-state index contributed by atoms with van der Waals surface area (Å²) in [7, 11) is 0. The first-order valence-corrected chi connectivity index (χ1v) is 8.14. The van der Waals surface area contributed by atoms with E-state index in [0.29, 0.717) is 12.1 Å². The Morgan fingerprint density at radius 1 is 1.09 bits per heavy atom. The van der Waals surface area contributed by atoms with Crippen LogP contribution in [0.2, 0.25) is 0 Å². The second kappa shape index (κ2) is 8.44. The maximum Gasteiger partial charge on any atom is 0.253 e. The molecule has 0 saturated carbocycles. The van der Waals surface area contributed by atoms with Crippen molar-refractivity contribution in [2.45, 2.75) is 33.9 Å². The zero-order valence-electron chi connectivity index (χ0n) is 14.2. The van der Waals surface area contributed by atoms with Crippen molar-refractivity contribution >= 4 is 5.91 Å². The van der Waals surface area contributed by atoms with Crippen LogP contribution in [0, 0.1) is 6.92 Å². The van der Waals surface area contributed by atoms with E-state index < -0.39 is 0 Å². The van der Waals surface area contributed by atoms with Gasteiger partial charge in [-0.05, 0) is 43.3 Å². The Balaban J connectivity index is 2.02. The molecule has 0 fully saturated rings. The molecule has 0 saturated heterocycles. The van der Waals surface area contributed by atoms with E-state index in [-0.39, 0.29) is 5.91 Å². The standard InChI is InChI=1S/C19H25N3O/c1-4-22(5-2)14-18-9-7-6-8-16(18)12-21-19(23)17-11-10-15(3)20-13-17/h6-11,13H,4-5,12,14H2,1-3H3,(H,21,23). The van der Waals surface area contributed by atoms with Crippen LogP contribution in [-0.2, 0) is 13.1 Å². The van der Waals surface area contributed by atoms with Gasteiger partial charge < -0.3 is 5.32 Å². The highest BCUT2D eigenvalue weighted by Gasteiger charge is 2.09. The van der Waals surface area contributed by atoms with Gasteiger partial charge in [-0.2, -0.15) is 0 Å². The number of carbonyl (C=O) groups is 1. The Morgan fingerprint density at radius 3 is 2.39 bits per heavy atom. The fourth-order valence-electron chi connectivity index (χ4n) is 2.45. The third-order valence-corrected chi connectivity index (χ3v) is 4.02. The molecule has 1 heterocycles. The molecule has 1 aromatic heterocycles. The first-order valence-electron chi connectivity index (χ1n) is 8.14. The summed E-state index contributed by atoms with van der Waals surface area (Å²) in [4.78, 5) is 18.7. The van der Waals surface area contributed by atoms with Crippen LogP contribution in [0.1, 0.15) is 41.0 Å². The smallest absolute Gasteiger partial charge is 0.253 e. The lowest BCUT2D eigenvalue weighted by atomic mass is 10.1. The molecule has 2 aromatic rings. The number of hydrogen-bond acceptors (Lipinski definition) is 3. The average molecular weight is 311 g/mol. The SMILES string of the molecule is CCN(CC)Cc1ccccc1CNC(=O)c1ccc(C)nc1. The molecule has 1 aromatic carbocycles. The zero-order valence-corrected chi connectivity index (χ0v) is 14.2. The largest absolute Gasteiger partial charge is 0.348 e. The molecule has 2 rings (SSSR count). The van der Waals surface area contributed by atoms with Crippen LogP contribution in [-0.4, -0.2) is 28.9 Å². The van der Waals surface area contributed by atoms with E-state index in [9.17, 15) is 4.79 Å². The number of benzene rings is 1. The molecule has 4 nitrogen and oxygen atoms in total. The predicted octanol–water partition coefficient (Wildman–Crippen LogP) is 3.16. The Kier molecular flexibility index (Phi) is 6.29. The Hall–Kier alpha value is -2.20. The zero-order chi connectivity index (χ0) is 16.7. The van der Waals surface area contributed by atoms with Crippen molar-refractivity contribution in [1.29, 1.82) is 0 Å². The van der Waals surface area contributed by atoms with E-state index in [1.54, 1.807) is 12.3 Å². The Bertz CT molecular complexity index is 633. The maximum atomic E-state index is 12.2. The predicted molar refractivity (Wildman–Crippen MR) is 93.2 cm³/mol. The highest BCUT2D eigenvalue weighted by molar-refractivity contribution is 5.93. The average Bonchev–Trinajstić information content (AvgIpc) is 2.59. The summed E-state index contributed by atoms with van der Waals surface area (Å²) in [5.41, 5.74) is 3.93. The number of hydrogen-bond donors (Lipinski definition) is 1. The lowest BCUT2D eigenvalue weighted by Gasteiger charge is -2.20. The summed E-state index contributed by atoms with van der Waals surface area (Å²) in [5, 5.41) is 2.99. The van der Waals surface area contributed by atoms with Crippen LogP contribution >= 0.6 is 0 Å². The van der Waals surface area contributed by atoms with Crippen LogP contribution in [0.3, 0.4) is 0 Å². The molecule has 4 heteroatoms. The summed E-state index contributed by atoms with van der Waals surface area (Å²) in [6.45, 7) is 9.72. The van der Waals surface area contributed by atoms with Gasteiger partial charge in [-0.1, -0.05) is 38.1 Å². The molecule has 0 spiro atoms. The quantitative estimate of drug-likeness (QED) is 0.854. The van der Waals surface area contributed by atoms with Crippen LogP contribution in [0.4, 0.5) is 0 Å². The third-order valence-electron chi connectivity index (χ3n) is 4.02.